The monoisotopic (exact) mass is 379 g/mol. The molecule has 124 valence electrons. The second-order valence-electron chi connectivity index (χ2n) is 5.07. The fourth-order valence-corrected chi connectivity index (χ4v) is 4.38. The molecule has 2 fully saturated rings. The van der Waals surface area contributed by atoms with Gasteiger partial charge < -0.3 is 25.0 Å². The van der Waals surface area contributed by atoms with Crippen LogP contribution in [0.3, 0.4) is 0 Å². The number of nitrogens with zero attached hydrogens (tertiary/aromatic N) is 4. The largest absolute Gasteiger partial charge is 0.386 e. The molecule has 2 aliphatic heterocycles. The van der Waals surface area contributed by atoms with Crippen molar-refractivity contribution in [3.8, 4) is 0 Å². The standard InChI is InChI=1S/C10H11ClN5O5PS/c11-10-15-4-7(12)13-2-14-8(4)16(10)9-5(17)6-3(20-9)1-19-22(18,23)21-6/h2-3,5-6,9,17H,1H2,(H,18,23)(H2,12,13,14)/t3-,5?,6+,9-,22?/m1/s1. The molecule has 2 aliphatic rings. The highest BCUT2D eigenvalue weighted by molar-refractivity contribution is 8.07. The number of aromatic nitrogens is 4. The molecule has 13 heteroatoms. The van der Waals surface area contributed by atoms with Crippen molar-refractivity contribution in [2.75, 3.05) is 12.3 Å². The van der Waals surface area contributed by atoms with Crippen LogP contribution in [0.5, 0.6) is 0 Å². The number of anilines is 1. The van der Waals surface area contributed by atoms with E-state index in [9.17, 15) is 10.00 Å². The fraction of sp³-hybridized carbons (Fsp3) is 0.500. The van der Waals surface area contributed by atoms with E-state index < -0.39 is 31.3 Å². The summed E-state index contributed by atoms with van der Waals surface area (Å²) in [6.45, 7) is -3.37. The molecule has 0 amide bonds. The van der Waals surface area contributed by atoms with Crippen molar-refractivity contribution < 1.29 is 23.8 Å². The average molecular weight is 380 g/mol. The van der Waals surface area contributed by atoms with E-state index in [0.717, 1.165) is 0 Å². The molecule has 23 heavy (non-hydrogen) atoms. The lowest BCUT2D eigenvalue weighted by molar-refractivity contribution is -0.0592. The summed E-state index contributed by atoms with van der Waals surface area (Å²) in [5.41, 5.74) is 6.36. The van der Waals surface area contributed by atoms with Crippen LogP contribution in [-0.2, 0) is 25.6 Å². The minimum absolute atomic E-state index is 0.00732. The number of ether oxygens (including phenoxy) is 1. The molecule has 2 unspecified atom stereocenters. The van der Waals surface area contributed by atoms with E-state index in [1.54, 1.807) is 0 Å². The lowest BCUT2D eigenvalue weighted by Gasteiger charge is -2.30. The van der Waals surface area contributed by atoms with Gasteiger partial charge in [-0.1, -0.05) is 0 Å². The molecular weight excluding hydrogens is 369 g/mol. The summed E-state index contributed by atoms with van der Waals surface area (Å²) >= 11 is 10.9. The summed E-state index contributed by atoms with van der Waals surface area (Å²) in [5.74, 6) is 0.158. The molecule has 2 aromatic rings. The Balaban J connectivity index is 1.76. The smallest absolute Gasteiger partial charge is 0.325 e. The van der Waals surface area contributed by atoms with Gasteiger partial charge in [-0.15, -0.1) is 0 Å². The second-order valence-corrected chi connectivity index (χ2v) is 8.20. The van der Waals surface area contributed by atoms with E-state index in [4.69, 9.17) is 42.9 Å². The molecule has 2 aromatic heterocycles. The zero-order chi connectivity index (χ0) is 16.4. The number of fused-ring (bicyclic) bond motifs is 2. The predicted octanol–water partition coefficient (Wildman–Crippen LogP) is -0.0476. The van der Waals surface area contributed by atoms with Crippen LogP contribution in [0.1, 0.15) is 6.23 Å². The first kappa shape index (κ1) is 15.6. The van der Waals surface area contributed by atoms with Crippen molar-refractivity contribution >= 4 is 47.1 Å². The van der Waals surface area contributed by atoms with Crippen molar-refractivity contribution in [1.29, 1.82) is 0 Å². The Morgan fingerprint density at radius 3 is 3.04 bits per heavy atom. The topological polar surface area (TPSA) is 138 Å². The van der Waals surface area contributed by atoms with Crippen LogP contribution in [0.25, 0.3) is 11.2 Å². The van der Waals surface area contributed by atoms with Crippen LogP contribution in [0.4, 0.5) is 5.82 Å². The van der Waals surface area contributed by atoms with E-state index in [1.807, 2.05) is 0 Å². The molecule has 0 radical (unpaired) electrons. The number of imidazole rings is 1. The van der Waals surface area contributed by atoms with Crippen molar-refractivity contribution in [3.05, 3.63) is 11.6 Å². The minimum atomic E-state index is -3.38. The Kier molecular flexibility index (Phi) is 3.59. The fourth-order valence-electron chi connectivity index (χ4n) is 2.67. The predicted molar refractivity (Wildman–Crippen MR) is 82.0 cm³/mol. The number of hydrogen-bond acceptors (Lipinski definition) is 9. The number of aliphatic hydroxyl groups excluding tert-OH is 1. The Hall–Kier alpha value is -0.910. The van der Waals surface area contributed by atoms with Gasteiger partial charge in [0.05, 0.1) is 6.61 Å². The Morgan fingerprint density at radius 1 is 1.48 bits per heavy atom. The highest BCUT2D eigenvalue weighted by atomic mass is 35.5. The quantitative estimate of drug-likeness (QED) is 0.456. The summed E-state index contributed by atoms with van der Waals surface area (Å²) in [4.78, 5) is 21.8. The molecule has 0 spiro atoms. The van der Waals surface area contributed by atoms with Crippen molar-refractivity contribution in [1.82, 2.24) is 19.5 Å². The number of aliphatic hydroxyl groups is 1. The zero-order valence-electron chi connectivity index (χ0n) is 11.3. The Morgan fingerprint density at radius 2 is 2.26 bits per heavy atom. The van der Waals surface area contributed by atoms with E-state index in [1.165, 1.54) is 10.9 Å². The average Bonchev–Trinajstić information content (AvgIpc) is 2.97. The van der Waals surface area contributed by atoms with Crippen molar-refractivity contribution in [2.24, 2.45) is 0 Å². The van der Waals surface area contributed by atoms with Gasteiger partial charge in [-0.05, 0) is 23.4 Å². The van der Waals surface area contributed by atoms with Crippen LogP contribution in [0.15, 0.2) is 6.33 Å². The van der Waals surface area contributed by atoms with Crippen LogP contribution in [0.2, 0.25) is 5.28 Å². The number of halogens is 1. The molecule has 0 aliphatic carbocycles. The molecule has 4 N–H and O–H groups in total. The van der Waals surface area contributed by atoms with Crippen LogP contribution in [-0.4, -0.2) is 54.4 Å². The van der Waals surface area contributed by atoms with Crippen molar-refractivity contribution in [2.45, 2.75) is 24.5 Å². The second kappa shape index (κ2) is 5.30. The number of rotatable bonds is 1. The van der Waals surface area contributed by atoms with E-state index in [2.05, 4.69) is 15.0 Å². The first-order chi connectivity index (χ1) is 10.9. The number of hydrogen-bond donors (Lipinski definition) is 3. The first-order valence-corrected chi connectivity index (χ1v) is 9.47. The Bertz CT molecular complexity index is 835. The summed E-state index contributed by atoms with van der Waals surface area (Å²) in [6, 6.07) is 0. The van der Waals surface area contributed by atoms with Gasteiger partial charge in [0.15, 0.2) is 23.2 Å². The SMILES string of the molecule is Nc1ncnc2c1nc(Cl)n2[C@@H]1O[C@@H]2COP(O)(=S)O[C@@H]2C1O. The number of nitrogen functional groups attached to an aromatic ring is 1. The molecule has 0 aromatic carbocycles. The van der Waals surface area contributed by atoms with E-state index >= 15 is 0 Å². The van der Waals surface area contributed by atoms with Gasteiger partial charge in [-0.3, -0.25) is 9.09 Å². The number of nitrogens with two attached hydrogens (primary N) is 1. The summed E-state index contributed by atoms with van der Waals surface area (Å²) in [6.07, 6.45) is -2.27. The van der Waals surface area contributed by atoms with Gasteiger partial charge >= 0.3 is 6.72 Å². The van der Waals surface area contributed by atoms with Gasteiger partial charge in [-0.25, -0.2) is 15.0 Å². The maximum absolute atomic E-state index is 10.5. The third-order valence-electron chi connectivity index (χ3n) is 3.68. The molecule has 4 heterocycles. The first-order valence-electron chi connectivity index (χ1n) is 6.50. The van der Waals surface area contributed by atoms with E-state index in [-0.39, 0.29) is 17.7 Å². The van der Waals surface area contributed by atoms with Crippen molar-refractivity contribution in [3.63, 3.8) is 0 Å². The van der Waals surface area contributed by atoms with E-state index in [0.29, 0.717) is 11.2 Å². The van der Waals surface area contributed by atoms with Crippen LogP contribution in [0, 0.1) is 0 Å². The van der Waals surface area contributed by atoms with Gasteiger partial charge in [-0.2, -0.15) is 0 Å². The molecule has 2 saturated heterocycles. The summed E-state index contributed by atoms with van der Waals surface area (Å²) in [7, 11) is 0. The normalized spacial score (nSPS) is 37.2. The maximum atomic E-state index is 10.5. The molecule has 4 rings (SSSR count). The Labute approximate surface area is 139 Å². The molecule has 0 saturated carbocycles. The van der Waals surface area contributed by atoms with Crippen LogP contribution >= 0.6 is 18.3 Å². The zero-order valence-corrected chi connectivity index (χ0v) is 13.8. The third kappa shape index (κ3) is 2.44. The van der Waals surface area contributed by atoms with Crippen LogP contribution < -0.4 is 5.73 Å². The molecule has 5 atom stereocenters. The van der Waals surface area contributed by atoms with Gasteiger partial charge in [0.2, 0.25) is 5.28 Å². The minimum Gasteiger partial charge on any atom is -0.386 e. The maximum Gasteiger partial charge on any atom is 0.325 e. The lowest BCUT2D eigenvalue weighted by Crippen LogP contribution is -2.39. The highest BCUT2D eigenvalue weighted by Gasteiger charge is 2.51. The molecule has 10 nitrogen and oxygen atoms in total. The molecular formula is C10H11ClN5O5PS. The summed E-state index contributed by atoms with van der Waals surface area (Å²) < 4.78 is 17.4. The lowest BCUT2D eigenvalue weighted by atomic mass is 10.1. The molecule has 0 bridgehead atoms. The summed E-state index contributed by atoms with van der Waals surface area (Å²) in [5, 5.41) is 10.5. The van der Waals surface area contributed by atoms with Gasteiger partial charge in [0, 0.05) is 0 Å². The van der Waals surface area contributed by atoms with Gasteiger partial charge in [0.1, 0.15) is 24.6 Å². The van der Waals surface area contributed by atoms with Gasteiger partial charge in [0.25, 0.3) is 0 Å². The highest BCUT2D eigenvalue weighted by Crippen LogP contribution is 2.53. The third-order valence-corrected chi connectivity index (χ3v) is 5.51.